The first-order valence-corrected chi connectivity index (χ1v) is 13.8. The van der Waals surface area contributed by atoms with Gasteiger partial charge in [0.1, 0.15) is 41.6 Å². The van der Waals surface area contributed by atoms with Crippen molar-refractivity contribution in [2.75, 3.05) is 31.9 Å². The fraction of sp³-hybridized carbons (Fsp3) is 0.333. The largest absolute Gasteiger partial charge is 0.508 e. The Morgan fingerprint density at radius 2 is 2.00 bits per heavy atom. The lowest BCUT2D eigenvalue weighted by molar-refractivity contribution is 0.160. The molecule has 3 aromatic heterocycles. The third kappa shape index (κ3) is 4.32. The topological polar surface area (TPSA) is 135 Å². The summed E-state index contributed by atoms with van der Waals surface area (Å²) in [6, 6.07) is 7.47. The first kappa shape index (κ1) is 25.6. The number of halogens is 1. The van der Waals surface area contributed by atoms with Crippen LogP contribution in [0.1, 0.15) is 42.8 Å². The molecule has 1 fully saturated rings. The third-order valence-electron chi connectivity index (χ3n) is 8.36. The summed E-state index contributed by atoms with van der Waals surface area (Å²) in [5, 5.41) is 20.1. The standard InChI is InChI=1S/C30H30FN7O3/c1-16(38-29-25(28(32)34-15-35-29)26(36-38)18-10-19(31)12-21(39)11-18)27-24(22-4-2-3-5-23(22)30(40)41-27)17-6-8-37(9-7-17)20-13-33-14-20/h2-6,11-12,15-16,19-20,33,39H,7-10,13-14H2,1H3,(H2,32,34,35). The number of nitrogen functional groups attached to an aromatic ring is 1. The molecule has 3 aliphatic rings. The molecule has 0 saturated carbocycles. The predicted octanol–water partition coefficient (Wildman–Crippen LogP) is 3.75. The maximum Gasteiger partial charge on any atom is 0.343 e. The highest BCUT2D eigenvalue weighted by Crippen LogP contribution is 2.39. The van der Waals surface area contributed by atoms with Crippen molar-refractivity contribution in [3.05, 3.63) is 82.0 Å². The number of anilines is 1. The number of nitrogens with zero attached hydrogens (tertiary/aromatic N) is 5. The second-order valence-electron chi connectivity index (χ2n) is 10.9. The van der Waals surface area contributed by atoms with E-state index in [0.717, 1.165) is 55.2 Å². The number of benzene rings is 1. The molecule has 1 saturated heterocycles. The molecule has 11 heteroatoms. The minimum atomic E-state index is -1.36. The smallest absolute Gasteiger partial charge is 0.343 e. The van der Waals surface area contributed by atoms with Crippen molar-refractivity contribution in [1.82, 2.24) is 30.0 Å². The van der Waals surface area contributed by atoms with E-state index in [0.29, 0.717) is 39.5 Å². The Kier molecular flexibility index (Phi) is 6.20. The van der Waals surface area contributed by atoms with Gasteiger partial charge in [0.15, 0.2) is 5.65 Å². The summed E-state index contributed by atoms with van der Waals surface area (Å²) < 4.78 is 22.2. The minimum Gasteiger partial charge on any atom is -0.508 e. The molecule has 2 atom stereocenters. The van der Waals surface area contributed by atoms with Crippen molar-refractivity contribution in [3.63, 3.8) is 0 Å². The van der Waals surface area contributed by atoms with Gasteiger partial charge in [0.2, 0.25) is 0 Å². The Morgan fingerprint density at radius 3 is 2.71 bits per heavy atom. The normalized spacial score (nSPS) is 20.9. The van der Waals surface area contributed by atoms with Gasteiger partial charge < -0.3 is 20.6 Å². The summed E-state index contributed by atoms with van der Waals surface area (Å²) in [7, 11) is 0. The van der Waals surface area contributed by atoms with Gasteiger partial charge in [-0.2, -0.15) is 5.10 Å². The van der Waals surface area contributed by atoms with E-state index in [1.54, 1.807) is 10.7 Å². The van der Waals surface area contributed by atoms with Crippen molar-refractivity contribution < 1.29 is 13.9 Å². The highest BCUT2D eigenvalue weighted by Gasteiger charge is 2.31. The van der Waals surface area contributed by atoms with E-state index in [1.165, 1.54) is 12.4 Å². The van der Waals surface area contributed by atoms with Crippen molar-refractivity contribution in [2.45, 2.75) is 38.0 Å². The van der Waals surface area contributed by atoms with Crippen LogP contribution in [0.3, 0.4) is 0 Å². The molecule has 0 amide bonds. The Labute approximate surface area is 234 Å². The van der Waals surface area contributed by atoms with Crippen LogP contribution >= 0.6 is 0 Å². The monoisotopic (exact) mass is 555 g/mol. The quantitative estimate of drug-likeness (QED) is 0.336. The fourth-order valence-electron chi connectivity index (χ4n) is 6.12. The van der Waals surface area contributed by atoms with Crippen molar-refractivity contribution in [1.29, 1.82) is 0 Å². The number of aliphatic hydroxyl groups excluding tert-OH is 1. The minimum absolute atomic E-state index is 0.0229. The van der Waals surface area contributed by atoms with Gasteiger partial charge >= 0.3 is 5.63 Å². The van der Waals surface area contributed by atoms with Crippen LogP contribution < -0.4 is 16.7 Å². The molecule has 5 heterocycles. The van der Waals surface area contributed by atoms with Gasteiger partial charge in [0.25, 0.3) is 0 Å². The predicted molar refractivity (Wildman–Crippen MR) is 155 cm³/mol. The zero-order valence-corrected chi connectivity index (χ0v) is 22.5. The summed E-state index contributed by atoms with van der Waals surface area (Å²) in [4.78, 5) is 24.3. The molecule has 0 spiro atoms. The molecule has 7 rings (SSSR count). The van der Waals surface area contributed by atoms with Crippen LogP contribution in [0.2, 0.25) is 0 Å². The van der Waals surface area contributed by atoms with Gasteiger partial charge in [-0.1, -0.05) is 24.3 Å². The zero-order valence-electron chi connectivity index (χ0n) is 22.5. The molecule has 2 aliphatic heterocycles. The molecule has 0 bridgehead atoms. The van der Waals surface area contributed by atoms with E-state index in [9.17, 15) is 14.3 Å². The second kappa shape index (κ2) is 9.93. The summed E-state index contributed by atoms with van der Waals surface area (Å²) in [5.74, 6) is 0.480. The summed E-state index contributed by atoms with van der Waals surface area (Å²) in [6.07, 6.45) is 5.69. The molecular weight excluding hydrogens is 525 g/mol. The molecule has 10 nitrogen and oxygen atoms in total. The summed E-state index contributed by atoms with van der Waals surface area (Å²) >= 11 is 0. The Hall–Kier alpha value is -4.35. The Balaban J connectivity index is 1.40. The first-order valence-electron chi connectivity index (χ1n) is 13.8. The van der Waals surface area contributed by atoms with E-state index >= 15 is 0 Å². The van der Waals surface area contributed by atoms with Crippen LogP contribution in [-0.2, 0) is 0 Å². The van der Waals surface area contributed by atoms with Crippen LogP contribution in [0.15, 0.2) is 63.8 Å². The first-order chi connectivity index (χ1) is 19.9. The van der Waals surface area contributed by atoms with E-state index in [4.69, 9.17) is 15.2 Å². The maximum atomic E-state index is 14.4. The lowest BCUT2D eigenvalue weighted by atomic mass is 9.91. The molecular formula is C30H30FN7O3. The molecule has 4 aromatic rings. The molecule has 2 unspecified atom stereocenters. The second-order valence-corrected chi connectivity index (χ2v) is 10.9. The van der Waals surface area contributed by atoms with Gasteiger partial charge in [-0.3, -0.25) is 4.90 Å². The number of fused-ring (bicyclic) bond motifs is 2. The lowest BCUT2D eigenvalue weighted by Gasteiger charge is -2.40. The van der Waals surface area contributed by atoms with Crippen molar-refractivity contribution >= 4 is 38.8 Å². The fourth-order valence-corrected chi connectivity index (χ4v) is 6.12. The third-order valence-corrected chi connectivity index (χ3v) is 8.36. The highest BCUT2D eigenvalue weighted by molar-refractivity contribution is 5.97. The molecule has 41 heavy (non-hydrogen) atoms. The number of allylic oxidation sites excluding steroid dienone is 3. The number of hydrogen-bond donors (Lipinski definition) is 3. The summed E-state index contributed by atoms with van der Waals surface area (Å²) in [6.45, 7) is 5.62. The Bertz CT molecular complexity index is 1840. The van der Waals surface area contributed by atoms with Gasteiger partial charge in [-0.15, -0.1) is 0 Å². The zero-order chi connectivity index (χ0) is 28.2. The van der Waals surface area contributed by atoms with E-state index < -0.39 is 17.8 Å². The number of rotatable bonds is 5. The Morgan fingerprint density at radius 1 is 1.20 bits per heavy atom. The average molecular weight is 556 g/mol. The van der Waals surface area contributed by atoms with Crippen LogP contribution in [0.25, 0.3) is 33.0 Å². The van der Waals surface area contributed by atoms with E-state index in [1.807, 2.05) is 25.1 Å². The molecule has 1 aromatic carbocycles. The number of aromatic nitrogens is 4. The van der Waals surface area contributed by atoms with Gasteiger partial charge in [0, 0.05) is 44.2 Å². The van der Waals surface area contributed by atoms with E-state index in [2.05, 4.69) is 26.3 Å². The number of hydrogen-bond acceptors (Lipinski definition) is 9. The number of aliphatic hydroxyl groups is 1. The van der Waals surface area contributed by atoms with E-state index in [-0.39, 0.29) is 18.0 Å². The number of nitrogens with two attached hydrogens (primary N) is 1. The van der Waals surface area contributed by atoms with Gasteiger partial charge in [-0.25, -0.2) is 23.8 Å². The van der Waals surface area contributed by atoms with Crippen molar-refractivity contribution in [2.24, 2.45) is 0 Å². The average Bonchev–Trinajstić information content (AvgIpc) is 3.33. The lowest BCUT2D eigenvalue weighted by Crippen LogP contribution is -2.57. The van der Waals surface area contributed by atoms with Gasteiger partial charge in [-0.05, 0) is 48.1 Å². The van der Waals surface area contributed by atoms with Crippen LogP contribution in [0.4, 0.5) is 10.2 Å². The van der Waals surface area contributed by atoms with Crippen LogP contribution in [0, 0.1) is 0 Å². The number of nitrogens with one attached hydrogen (secondary N) is 1. The van der Waals surface area contributed by atoms with Gasteiger partial charge in [0.05, 0.1) is 10.8 Å². The SMILES string of the molecule is CC(c1oc(=O)c2ccccc2c1C1=CCN(C2CNC2)CC1)n1nc(C2=CC(O)=CC(F)C2)c2c(N)ncnc21. The number of alkyl halides is 1. The maximum absolute atomic E-state index is 14.4. The molecule has 210 valence electrons. The molecule has 0 radical (unpaired) electrons. The highest BCUT2D eigenvalue weighted by atomic mass is 19.1. The van der Waals surface area contributed by atoms with Crippen LogP contribution in [0.5, 0.6) is 0 Å². The van der Waals surface area contributed by atoms with Crippen LogP contribution in [-0.4, -0.2) is 68.1 Å². The van der Waals surface area contributed by atoms with Crippen molar-refractivity contribution in [3.8, 4) is 0 Å². The molecule has 4 N–H and O–H groups in total. The molecule has 1 aliphatic carbocycles. The summed E-state index contributed by atoms with van der Waals surface area (Å²) in [5.41, 5.74) is 9.15.